The molecule has 1 aliphatic carbocycles. The molecule has 0 radical (unpaired) electrons. The van der Waals surface area contributed by atoms with E-state index in [2.05, 4.69) is 36.2 Å². The minimum Gasteiger partial charge on any atom is -0.339 e. The van der Waals surface area contributed by atoms with Gasteiger partial charge in [0.1, 0.15) is 5.78 Å². The summed E-state index contributed by atoms with van der Waals surface area (Å²) < 4.78 is 1.80. The summed E-state index contributed by atoms with van der Waals surface area (Å²) >= 11 is 1.81. The standard InChI is InChI=1S/C21H29N3OS/c1-3-7-23-10-15(13-26-12-14(2)25)8-18-17-5-4-6-19-21(17)16(9-20(18)23)11-24(19)22/h4-6,11,15,18,20H,3,7-10,12-13,22H2,1-2H3/t15-,18-,20-/m1/s1. The molecule has 0 bridgehead atoms. The number of carbonyl (C=O) groups is 1. The van der Waals surface area contributed by atoms with Crippen LogP contribution in [0.1, 0.15) is 43.7 Å². The monoisotopic (exact) mass is 371 g/mol. The molecule has 1 aromatic carbocycles. The third-order valence-electron chi connectivity index (χ3n) is 5.98. The zero-order valence-corrected chi connectivity index (χ0v) is 16.6. The molecule has 3 atom stereocenters. The van der Waals surface area contributed by atoms with Crippen molar-refractivity contribution in [2.24, 2.45) is 5.92 Å². The summed E-state index contributed by atoms with van der Waals surface area (Å²) in [5.74, 6) is 9.47. The minimum absolute atomic E-state index is 0.283. The van der Waals surface area contributed by atoms with Crippen LogP contribution in [-0.2, 0) is 11.2 Å². The highest BCUT2D eigenvalue weighted by atomic mass is 32.2. The Morgan fingerprint density at radius 3 is 3.00 bits per heavy atom. The first-order valence-corrected chi connectivity index (χ1v) is 10.9. The zero-order chi connectivity index (χ0) is 18.3. The number of nitrogens with two attached hydrogens (primary N) is 1. The van der Waals surface area contributed by atoms with E-state index in [9.17, 15) is 4.79 Å². The first-order valence-electron chi connectivity index (χ1n) is 9.77. The number of rotatable bonds is 6. The number of carbonyl (C=O) groups excluding carboxylic acids is 1. The molecule has 0 spiro atoms. The van der Waals surface area contributed by atoms with Crippen molar-refractivity contribution in [2.75, 3.05) is 30.4 Å². The highest BCUT2D eigenvalue weighted by Crippen LogP contribution is 2.45. The van der Waals surface area contributed by atoms with Gasteiger partial charge in [0, 0.05) is 30.1 Å². The first-order chi connectivity index (χ1) is 12.6. The van der Waals surface area contributed by atoms with Crippen molar-refractivity contribution in [1.82, 2.24) is 9.58 Å². The molecule has 1 aliphatic heterocycles. The Kier molecular flexibility index (Phi) is 5.02. The van der Waals surface area contributed by atoms with E-state index >= 15 is 0 Å². The molecule has 2 aromatic rings. The van der Waals surface area contributed by atoms with Crippen LogP contribution in [-0.4, -0.2) is 46.0 Å². The van der Waals surface area contributed by atoms with E-state index in [0.29, 0.717) is 23.6 Å². The number of aromatic nitrogens is 1. The number of likely N-dealkylation sites (tertiary alicyclic amines) is 1. The molecule has 1 fully saturated rings. The number of hydrogen-bond acceptors (Lipinski definition) is 4. The van der Waals surface area contributed by atoms with Crippen molar-refractivity contribution in [2.45, 2.75) is 45.1 Å². The maximum atomic E-state index is 11.3. The van der Waals surface area contributed by atoms with Gasteiger partial charge >= 0.3 is 0 Å². The summed E-state index contributed by atoms with van der Waals surface area (Å²) in [6.45, 7) is 6.28. The highest BCUT2D eigenvalue weighted by Gasteiger charge is 2.40. The lowest BCUT2D eigenvalue weighted by molar-refractivity contribution is -0.114. The Morgan fingerprint density at radius 2 is 2.23 bits per heavy atom. The molecule has 2 aliphatic rings. The van der Waals surface area contributed by atoms with E-state index in [1.54, 1.807) is 11.6 Å². The van der Waals surface area contributed by atoms with Crippen LogP contribution in [0.3, 0.4) is 0 Å². The Hall–Kier alpha value is -1.46. The number of piperidine rings is 1. The maximum Gasteiger partial charge on any atom is 0.139 e. The van der Waals surface area contributed by atoms with Gasteiger partial charge in [0.15, 0.2) is 0 Å². The number of fused-ring (bicyclic) bond motifs is 2. The summed E-state index contributed by atoms with van der Waals surface area (Å²) in [5, 5.41) is 1.39. The third kappa shape index (κ3) is 3.16. The van der Waals surface area contributed by atoms with Crippen LogP contribution in [0.4, 0.5) is 0 Å². The number of nitrogens with zero attached hydrogens (tertiary/aromatic N) is 2. The van der Waals surface area contributed by atoms with Gasteiger partial charge < -0.3 is 5.84 Å². The minimum atomic E-state index is 0.283. The fraction of sp³-hybridized carbons (Fsp3) is 0.571. The number of hydrogen-bond donors (Lipinski definition) is 1. The van der Waals surface area contributed by atoms with Gasteiger partial charge in [-0.05, 0) is 61.6 Å². The summed E-state index contributed by atoms with van der Waals surface area (Å²) in [5.41, 5.74) is 4.05. The topological polar surface area (TPSA) is 51.3 Å². The molecule has 2 heterocycles. The van der Waals surface area contributed by atoms with E-state index in [-0.39, 0.29) is 5.78 Å². The maximum absolute atomic E-state index is 11.3. The molecule has 0 unspecified atom stereocenters. The van der Waals surface area contributed by atoms with Crippen molar-refractivity contribution in [1.29, 1.82) is 0 Å². The Labute approximate surface area is 160 Å². The molecule has 5 heteroatoms. The molecular formula is C21H29N3OS. The predicted molar refractivity (Wildman–Crippen MR) is 110 cm³/mol. The molecule has 0 amide bonds. The second-order valence-corrected chi connectivity index (χ2v) is 9.03. The van der Waals surface area contributed by atoms with E-state index < -0.39 is 0 Å². The van der Waals surface area contributed by atoms with Gasteiger partial charge in [0.2, 0.25) is 0 Å². The van der Waals surface area contributed by atoms with Gasteiger partial charge in [-0.2, -0.15) is 11.8 Å². The average molecular weight is 372 g/mol. The first kappa shape index (κ1) is 17.9. The van der Waals surface area contributed by atoms with Crippen LogP contribution in [0.5, 0.6) is 0 Å². The molecule has 0 saturated carbocycles. The largest absolute Gasteiger partial charge is 0.339 e. The SMILES string of the molecule is CCCN1C[C@H](CSCC(C)=O)C[C@@H]2c3cccc4c3c(cn4N)C[C@H]21. The fourth-order valence-corrected chi connectivity index (χ4v) is 6.05. The third-order valence-corrected chi connectivity index (χ3v) is 7.30. The van der Waals surface area contributed by atoms with Gasteiger partial charge in [0.05, 0.1) is 11.3 Å². The lowest BCUT2D eigenvalue weighted by Gasteiger charge is -2.47. The van der Waals surface area contributed by atoms with Crippen LogP contribution >= 0.6 is 11.8 Å². The van der Waals surface area contributed by atoms with Crippen LogP contribution in [0.25, 0.3) is 10.9 Å². The summed E-state index contributed by atoms with van der Waals surface area (Å²) in [6.07, 6.45) is 5.65. The lowest BCUT2D eigenvalue weighted by Crippen LogP contribution is -2.50. The quantitative estimate of drug-likeness (QED) is 0.791. The Morgan fingerprint density at radius 1 is 1.38 bits per heavy atom. The molecule has 140 valence electrons. The summed E-state index contributed by atoms with van der Waals surface area (Å²) in [6, 6.07) is 7.20. The average Bonchev–Trinajstić information content (AvgIpc) is 2.93. The molecule has 4 nitrogen and oxygen atoms in total. The Balaban J connectivity index is 1.64. The van der Waals surface area contributed by atoms with Gasteiger partial charge in [-0.15, -0.1) is 0 Å². The van der Waals surface area contributed by atoms with Gasteiger partial charge in [0.25, 0.3) is 0 Å². The molecular weight excluding hydrogens is 342 g/mol. The van der Waals surface area contributed by atoms with Gasteiger partial charge in [-0.25, -0.2) is 0 Å². The van der Waals surface area contributed by atoms with Crippen LogP contribution < -0.4 is 5.84 Å². The van der Waals surface area contributed by atoms with Crippen molar-refractivity contribution in [3.05, 3.63) is 35.5 Å². The van der Waals surface area contributed by atoms with Crippen molar-refractivity contribution < 1.29 is 4.79 Å². The molecule has 26 heavy (non-hydrogen) atoms. The molecule has 2 N–H and O–H groups in total. The van der Waals surface area contributed by atoms with E-state index in [1.165, 1.54) is 29.4 Å². The lowest BCUT2D eigenvalue weighted by atomic mass is 9.72. The number of benzene rings is 1. The molecule has 4 rings (SSSR count). The summed E-state index contributed by atoms with van der Waals surface area (Å²) in [4.78, 5) is 14.0. The van der Waals surface area contributed by atoms with Gasteiger partial charge in [-0.3, -0.25) is 14.4 Å². The number of Topliss-reactive ketones (excluding diaryl/α,β-unsaturated/α-hetero) is 1. The smallest absolute Gasteiger partial charge is 0.139 e. The number of ketones is 1. The van der Waals surface area contributed by atoms with Crippen molar-refractivity contribution >= 4 is 28.4 Å². The summed E-state index contributed by atoms with van der Waals surface area (Å²) in [7, 11) is 0. The molecule has 1 saturated heterocycles. The number of nitrogen functional groups attached to an aromatic ring is 1. The predicted octanol–water partition coefficient (Wildman–Crippen LogP) is 3.42. The van der Waals surface area contributed by atoms with E-state index in [1.807, 2.05) is 11.8 Å². The number of thioether (sulfide) groups is 1. The Bertz CT molecular complexity index is 815. The highest BCUT2D eigenvalue weighted by molar-refractivity contribution is 7.99. The van der Waals surface area contributed by atoms with Crippen molar-refractivity contribution in [3.8, 4) is 0 Å². The van der Waals surface area contributed by atoms with Crippen molar-refractivity contribution in [3.63, 3.8) is 0 Å². The van der Waals surface area contributed by atoms with E-state index in [4.69, 9.17) is 5.84 Å². The van der Waals surface area contributed by atoms with Crippen LogP contribution in [0.2, 0.25) is 0 Å². The van der Waals surface area contributed by atoms with E-state index in [0.717, 1.165) is 30.8 Å². The molecule has 1 aromatic heterocycles. The van der Waals surface area contributed by atoms with Crippen LogP contribution in [0, 0.1) is 5.92 Å². The fourth-order valence-electron chi connectivity index (χ4n) is 5.07. The van der Waals surface area contributed by atoms with Crippen LogP contribution in [0.15, 0.2) is 24.4 Å². The second-order valence-electron chi connectivity index (χ2n) is 7.99. The normalized spacial score (nSPS) is 25.4. The second kappa shape index (κ2) is 7.28. The van der Waals surface area contributed by atoms with Gasteiger partial charge in [-0.1, -0.05) is 19.1 Å². The zero-order valence-electron chi connectivity index (χ0n) is 15.8.